The Balaban J connectivity index is 0.953. The number of amides is 1. The molecule has 7 fully saturated rings. The Hall–Kier alpha value is -2.01. The maximum Gasteiger partial charge on any atom is 0.303 e. The highest BCUT2D eigenvalue weighted by Gasteiger charge is 2.80. The van der Waals surface area contributed by atoms with Crippen molar-refractivity contribution in [2.75, 3.05) is 19.7 Å². The van der Waals surface area contributed by atoms with E-state index in [-0.39, 0.29) is 41.0 Å². The van der Waals surface area contributed by atoms with Crippen LogP contribution in [-0.4, -0.2) is 87.4 Å². The summed E-state index contributed by atoms with van der Waals surface area (Å²) >= 11 is 0. The monoisotopic (exact) mass is 681 g/mol. The van der Waals surface area contributed by atoms with Crippen molar-refractivity contribution in [3.05, 3.63) is 18.2 Å². The molecule has 1 N–H and O–H groups in total. The molecule has 5 aliphatic carbocycles. The Labute approximate surface area is 291 Å². The van der Waals surface area contributed by atoms with Crippen molar-refractivity contribution in [2.24, 2.45) is 52.4 Å². The predicted octanol–water partition coefficient (Wildman–Crippen LogP) is 5.51. The van der Waals surface area contributed by atoms with Crippen molar-refractivity contribution in [1.29, 1.82) is 0 Å². The molecule has 5 saturated carbocycles. The van der Waals surface area contributed by atoms with Crippen LogP contribution in [0.1, 0.15) is 116 Å². The number of ether oxygens (including phenoxy) is 4. The van der Waals surface area contributed by atoms with E-state index in [1.165, 1.54) is 45.4 Å². The number of fused-ring (bicyclic) bond motifs is 4. The molecule has 1 aromatic heterocycles. The summed E-state index contributed by atoms with van der Waals surface area (Å²) in [6.45, 7) is 13.8. The Bertz CT molecular complexity index is 1470. The molecule has 9 unspecified atom stereocenters. The fourth-order valence-electron chi connectivity index (χ4n) is 13.4. The highest BCUT2D eigenvalue weighted by Crippen LogP contribution is 2.87. The van der Waals surface area contributed by atoms with Gasteiger partial charge in [0.1, 0.15) is 0 Å². The molecule has 10 nitrogen and oxygen atoms in total. The third kappa shape index (κ3) is 5.11. The molecule has 0 bridgehead atoms. The zero-order valence-corrected chi connectivity index (χ0v) is 30.8. The summed E-state index contributed by atoms with van der Waals surface area (Å²) in [5.74, 6) is 2.55. The number of hydrogen-bond donors (Lipinski definition) is 1. The Morgan fingerprint density at radius 2 is 1.82 bits per heavy atom. The lowest BCUT2D eigenvalue weighted by atomic mass is 9.46. The van der Waals surface area contributed by atoms with Crippen LogP contribution in [0.2, 0.25) is 0 Å². The minimum absolute atomic E-state index is 0.0195. The molecule has 10 heteroatoms. The second-order valence-corrected chi connectivity index (χ2v) is 18.6. The van der Waals surface area contributed by atoms with Crippen molar-refractivity contribution in [3.63, 3.8) is 0 Å². The number of esters is 1. The molecular formula is C39H59N3O7. The topological polar surface area (TPSA) is 112 Å². The van der Waals surface area contributed by atoms with Gasteiger partial charge in [-0.05, 0) is 123 Å². The van der Waals surface area contributed by atoms with Crippen LogP contribution >= 0.6 is 0 Å². The highest BCUT2D eigenvalue weighted by molar-refractivity contribution is 5.90. The quantitative estimate of drug-likeness (QED) is 0.392. The lowest BCUT2D eigenvalue weighted by Crippen LogP contribution is -2.56. The highest BCUT2D eigenvalue weighted by atomic mass is 16.7. The predicted molar refractivity (Wildman–Crippen MR) is 181 cm³/mol. The van der Waals surface area contributed by atoms with Crippen LogP contribution in [0.3, 0.4) is 0 Å². The first-order valence-corrected chi connectivity index (χ1v) is 19.2. The molecular weight excluding hydrogens is 622 g/mol. The van der Waals surface area contributed by atoms with Gasteiger partial charge in [-0.15, -0.1) is 0 Å². The molecule has 1 amide bonds. The summed E-state index contributed by atoms with van der Waals surface area (Å²) in [5, 5.41) is 10.9. The fourth-order valence-corrected chi connectivity index (χ4v) is 13.4. The summed E-state index contributed by atoms with van der Waals surface area (Å²) in [5.41, 5.74) is -0.0379. The number of carbonyl (C=O) groups is 2. The van der Waals surface area contributed by atoms with E-state index in [1.54, 1.807) is 30.8 Å². The summed E-state index contributed by atoms with van der Waals surface area (Å²) in [7, 11) is 1.85. The second-order valence-electron chi connectivity index (χ2n) is 18.6. The van der Waals surface area contributed by atoms with Crippen LogP contribution in [0.4, 0.5) is 0 Å². The molecule has 1 aromatic rings. The zero-order valence-electron chi connectivity index (χ0n) is 30.8. The molecule has 8 rings (SSSR count). The van der Waals surface area contributed by atoms with Gasteiger partial charge in [0.25, 0.3) is 5.91 Å². The van der Waals surface area contributed by atoms with E-state index >= 15 is 0 Å². The van der Waals surface area contributed by atoms with Gasteiger partial charge >= 0.3 is 5.97 Å². The van der Waals surface area contributed by atoms with Crippen molar-refractivity contribution in [3.8, 4) is 0 Å². The van der Waals surface area contributed by atoms with Crippen LogP contribution in [0, 0.1) is 45.3 Å². The van der Waals surface area contributed by atoms with Gasteiger partial charge in [0.05, 0.1) is 37.1 Å². The number of aromatic nitrogens is 2. The number of rotatable bonds is 6. The lowest BCUT2D eigenvalue weighted by molar-refractivity contribution is -0.241. The first-order valence-electron chi connectivity index (χ1n) is 19.2. The molecule has 0 radical (unpaired) electrons. The zero-order chi connectivity index (χ0) is 34.7. The number of morpholine rings is 1. The van der Waals surface area contributed by atoms with E-state index in [4.69, 9.17) is 18.9 Å². The number of carbonyl (C=O) groups excluding carboxylic acids is 2. The van der Waals surface area contributed by atoms with E-state index in [2.05, 4.69) is 25.8 Å². The van der Waals surface area contributed by atoms with Crippen molar-refractivity contribution in [2.45, 2.75) is 142 Å². The summed E-state index contributed by atoms with van der Waals surface area (Å²) in [4.78, 5) is 31.3. The molecule has 7 aliphatic rings. The lowest BCUT2D eigenvalue weighted by Gasteiger charge is -2.60. The maximum atomic E-state index is 13.2. The number of aliphatic hydroxyl groups is 1. The third-order valence-corrected chi connectivity index (χ3v) is 15.5. The number of nitrogens with zero attached hydrogens (tertiary/aromatic N) is 3. The minimum Gasteiger partial charge on any atom is -0.457 e. The van der Waals surface area contributed by atoms with Crippen molar-refractivity contribution in [1.82, 2.24) is 14.5 Å². The van der Waals surface area contributed by atoms with Gasteiger partial charge in [-0.1, -0.05) is 20.8 Å². The van der Waals surface area contributed by atoms with Crippen molar-refractivity contribution >= 4 is 11.9 Å². The standard InChI is InChI=1S/C39H59N3O7/c1-23(43)47-32(36(4,5)45)27-10-8-25-28(48-27)20-26-24-9-11-29-35(2,3)30(12-13-39(29)22-38(24,39)15-14-37(25,26)6)49-31-21-42(18-19-46-31)34(44)33-40-16-17-41(33)7/h16-17,24-32,45H,8-15,18-22H2,1-7H3/t24?,25?,26?,27?,28?,29?,30-,31?,32-,37?,38-,39?/m0/s1. The third-order valence-electron chi connectivity index (χ3n) is 15.5. The average molecular weight is 682 g/mol. The van der Waals surface area contributed by atoms with Gasteiger partial charge in [-0.3, -0.25) is 9.59 Å². The fraction of sp³-hybridized carbons (Fsp3) is 0.872. The summed E-state index contributed by atoms with van der Waals surface area (Å²) in [6, 6.07) is 0. The first kappa shape index (κ1) is 34.1. The van der Waals surface area contributed by atoms with E-state index in [0.717, 1.165) is 31.6 Å². The van der Waals surface area contributed by atoms with Crippen LogP contribution < -0.4 is 0 Å². The van der Waals surface area contributed by atoms with Crippen LogP contribution in [0.5, 0.6) is 0 Å². The SMILES string of the molecule is CC(=O)O[C@@H](C1CCC2C(CC3C4CCC5C(C)(C)[C@@H](OC6CN(C(=O)c7nccn7C)CCO6)CCC56C[C@@]46CCC23C)O1)C(C)(C)O. The largest absolute Gasteiger partial charge is 0.457 e. The number of hydrogen-bond acceptors (Lipinski definition) is 8. The molecule has 2 saturated heterocycles. The van der Waals surface area contributed by atoms with Crippen LogP contribution in [0.15, 0.2) is 12.4 Å². The Morgan fingerprint density at radius 1 is 1.04 bits per heavy atom. The van der Waals surface area contributed by atoms with Gasteiger partial charge in [-0.25, -0.2) is 4.98 Å². The van der Waals surface area contributed by atoms with Crippen molar-refractivity contribution < 1.29 is 33.6 Å². The molecule has 0 aromatic carbocycles. The van der Waals surface area contributed by atoms with Crippen LogP contribution in [-0.2, 0) is 30.8 Å². The van der Waals surface area contributed by atoms with Gasteiger partial charge in [-0.2, -0.15) is 0 Å². The normalized spacial score (nSPS) is 44.4. The minimum atomic E-state index is -1.16. The van der Waals surface area contributed by atoms with E-state index < -0.39 is 18.0 Å². The van der Waals surface area contributed by atoms with Gasteiger partial charge in [0.15, 0.2) is 18.2 Å². The number of imidazole rings is 1. The maximum absolute atomic E-state index is 13.2. The molecule has 12 atom stereocenters. The molecule has 272 valence electrons. The Kier molecular flexibility index (Phi) is 8.00. The molecule has 49 heavy (non-hydrogen) atoms. The van der Waals surface area contributed by atoms with Gasteiger partial charge in [0.2, 0.25) is 0 Å². The van der Waals surface area contributed by atoms with Gasteiger partial charge < -0.3 is 33.5 Å². The molecule has 3 heterocycles. The second kappa shape index (κ2) is 11.5. The van der Waals surface area contributed by atoms with Gasteiger partial charge in [0, 0.05) is 32.9 Å². The molecule has 2 spiro atoms. The van der Waals surface area contributed by atoms with E-state index in [0.29, 0.717) is 54.1 Å². The Morgan fingerprint density at radius 3 is 2.53 bits per heavy atom. The molecule has 2 aliphatic heterocycles. The van der Waals surface area contributed by atoms with Crippen LogP contribution in [0.25, 0.3) is 0 Å². The first-order chi connectivity index (χ1) is 23.1. The smallest absolute Gasteiger partial charge is 0.303 e. The average Bonchev–Trinajstić information content (AvgIpc) is 3.34. The van der Waals surface area contributed by atoms with E-state index in [9.17, 15) is 14.7 Å². The summed E-state index contributed by atoms with van der Waals surface area (Å²) < 4.78 is 27.3. The van der Waals surface area contributed by atoms with E-state index in [1.807, 2.05) is 11.9 Å². The summed E-state index contributed by atoms with van der Waals surface area (Å²) in [6.07, 6.45) is 14.1. The number of aryl methyl sites for hydroxylation is 1.